The Morgan fingerprint density at radius 2 is 2.10 bits per heavy atom. The molecule has 7 heteroatoms. The van der Waals surface area contributed by atoms with E-state index in [-0.39, 0.29) is 21.9 Å². The Labute approximate surface area is 121 Å². The second-order valence-electron chi connectivity index (χ2n) is 5.16. The molecule has 1 unspecified atom stereocenters. The highest BCUT2D eigenvalue weighted by Crippen LogP contribution is 2.25. The van der Waals surface area contributed by atoms with Gasteiger partial charge in [0.05, 0.1) is 4.90 Å². The maximum Gasteiger partial charge on any atom is 0.261 e. The van der Waals surface area contributed by atoms with Gasteiger partial charge in [0, 0.05) is 34.9 Å². The van der Waals surface area contributed by atoms with Gasteiger partial charge in [-0.2, -0.15) is 0 Å². The number of hydrogen-bond donors (Lipinski definition) is 0. The number of carbonyl (C=O) groups excluding carboxylic acids is 1. The molecule has 1 fully saturated rings. The average molecular weight is 320 g/mol. The van der Waals surface area contributed by atoms with Crippen molar-refractivity contribution in [1.82, 2.24) is 4.90 Å². The minimum Gasteiger partial charge on any atom is -0.338 e. The standard InChI is InChI=1S/C13H15ClFNO3S/c1-8-3-4-16(7-8)13(17)10-5-11(15)9(2)12(6-10)20(14,18)19/h5-6,8H,3-4,7H2,1-2H3. The normalized spacial score (nSPS) is 19.4. The zero-order valence-corrected chi connectivity index (χ0v) is 12.8. The average Bonchev–Trinajstić information content (AvgIpc) is 2.76. The molecule has 1 aromatic rings. The fourth-order valence-corrected chi connectivity index (χ4v) is 3.54. The lowest BCUT2D eigenvalue weighted by molar-refractivity contribution is 0.0787. The molecule has 1 saturated heterocycles. The van der Waals surface area contributed by atoms with Crippen molar-refractivity contribution in [3.05, 3.63) is 29.1 Å². The Morgan fingerprint density at radius 3 is 2.60 bits per heavy atom. The maximum atomic E-state index is 13.8. The van der Waals surface area contributed by atoms with Gasteiger partial charge < -0.3 is 4.90 Å². The van der Waals surface area contributed by atoms with Gasteiger partial charge in [-0.05, 0) is 31.4 Å². The molecule has 0 saturated carbocycles. The monoisotopic (exact) mass is 319 g/mol. The van der Waals surface area contributed by atoms with Gasteiger partial charge in [0.25, 0.3) is 15.0 Å². The van der Waals surface area contributed by atoms with Gasteiger partial charge in [-0.3, -0.25) is 4.79 Å². The van der Waals surface area contributed by atoms with E-state index in [9.17, 15) is 17.6 Å². The van der Waals surface area contributed by atoms with E-state index >= 15 is 0 Å². The molecule has 1 aromatic carbocycles. The van der Waals surface area contributed by atoms with Crippen LogP contribution in [-0.2, 0) is 9.05 Å². The number of halogens is 2. The predicted molar refractivity (Wildman–Crippen MR) is 73.9 cm³/mol. The van der Waals surface area contributed by atoms with Crippen molar-refractivity contribution in [1.29, 1.82) is 0 Å². The van der Waals surface area contributed by atoms with Crippen LogP contribution in [0.2, 0.25) is 0 Å². The topological polar surface area (TPSA) is 54.5 Å². The van der Waals surface area contributed by atoms with Gasteiger partial charge in [-0.15, -0.1) is 0 Å². The molecular weight excluding hydrogens is 305 g/mol. The second kappa shape index (κ2) is 5.33. The summed E-state index contributed by atoms with van der Waals surface area (Å²) in [4.78, 5) is 13.5. The molecule has 1 aliphatic rings. The molecule has 0 spiro atoms. The summed E-state index contributed by atoms with van der Waals surface area (Å²) in [5, 5.41) is 0. The van der Waals surface area contributed by atoms with Crippen LogP contribution in [0.1, 0.15) is 29.3 Å². The van der Waals surface area contributed by atoms with Crippen molar-refractivity contribution in [3.8, 4) is 0 Å². The van der Waals surface area contributed by atoms with Crippen molar-refractivity contribution in [2.75, 3.05) is 13.1 Å². The molecule has 1 aliphatic heterocycles. The van der Waals surface area contributed by atoms with Crippen LogP contribution in [0.15, 0.2) is 17.0 Å². The van der Waals surface area contributed by atoms with Gasteiger partial charge in [0.15, 0.2) is 0 Å². The van der Waals surface area contributed by atoms with Gasteiger partial charge >= 0.3 is 0 Å². The summed E-state index contributed by atoms with van der Waals surface area (Å²) in [5.74, 6) is -0.720. The number of benzene rings is 1. The number of rotatable bonds is 2. The minimum absolute atomic E-state index is 0.0152. The molecule has 0 bridgehead atoms. The SMILES string of the molecule is Cc1c(F)cc(C(=O)N2CCC(C)C2)cc1S(=O)(=O)Cl. The van der Waals surface area contributed by atoms with E-state index in [0.717, 1.165) is 18.6 Å². The van der Waals surface area contributed by atoms with Crippen LogP contribution in [0, 0.1) is 18.7 Å². The van der Waals surface area contributed by atoms with Crippen molar-refractivity contribution in [3.63, 3.8) is 0 Å². The van der Waals surface area contributed by atoms with E-state index in [0.29, 0.717) is 19.0 Å². The molecule has 20 heavy (non-hydrogen) atoms. The van der Waals surface area contributed by atoms with E-state index < -0.39 is 14.9 Å². The Kier molecular flexibility index (Phi) is 4.07. The quantitative estimate of drug-likeness (QED) is 0.787. The highest BCUT2D eigenvalue weighted by atomic mass is 35.7. The highest BCUT2D eigenvalue weighted by Gasteiger charge is 2.26. The van der Waals surface area contributed by atoms with Crippen molar-refractivity contribution < 1.29 is 17.6 Å². The second-order valence-corrected chi connectivity index (χ2v) is 7.70. The zero-order chi connectivity index (χ0) is 15.1. The number of hydrogen-bond acceptors (Lipinski definition) is 3. The van der Waals surface area contributed by atoms with Crippen molar-refractivity contribution in [2.45, 2.75) is 25.2 Å². The first-order chi connectivity index (χ1) is 9.20. The molecule has 2 rings (SSSR count). The van der Waals surface area contributed by atoms with Crippen LogP contribution in [0.25, 0.3) is 0 Å². The highest BCUT2D eigenvalue weighted by molar-refractivity contribution is 8.13. The van der Waals surface area contributed by atoms with Gasteiger partial charge in [0.2, 0.25) is 0 Å². The van der Waals surface area contributed by atoms with Crippen LogP contribution in [0.5, 0.6) is 0 Å². The largest absolute Gasteiger partial charge is 0.338 e. The summed E-state index contributed by atoms with van der Waals surface area (Å²) >= 11 is 0. The zero-order valence-electron chi connectivity index (χ0n) is 11.2. The molecule has 1 heterocycles. The van der Waals surface area contributed by atoms with Gasteiger partial charge in [-0.25, -0.2) is 12.8 Å². The van der Waals surface area contributed by atoms with Gasteiger partial charge in [0.1, 0.15) is 5.82 Å². The number of carbonyl (C=O) groups is 1. The first kappa shape index (κ1) is 15.3. The summed E-state index contributed by atoms with van der Waals surface area (Å²) in [6.45, 7) is 4.53. The summed E-state index contributed by atoms with van der Waals surface area (Å²) in [7, 11) is 1.19. The van der Waals surface area contributed by atoms with E-state index in [4.69, 9.17) is 10.7 Å². The number of likely N-dealkylation sites (tertiary alicyclic amines) is 1. The minimum atomic E-state index is -4.08. The fourth-order valence-electron chi connectivity index (χ4n) is 2.33. The maximum absolute atomic E-state index is 13.8. The summed E-state index contributed by atoms with van der Waals surface area (Å²) < 4.78 is 36.7. The summed E-state index contributed by atoms with van der Waals surface area (Å²) in [6, 6.07) is 2.21. The molecule has 0 aliphatic carbocycles. The lowest BCUT2D eigenvalue weighted by Gasteiger charge is -2.17. The Hall–Kier alpha value is -1.14. The molecule has 0 N–H and O–H groups in total. The molecule has 0 radical (unpaired) electrons. The van der Waals surface area contributed by atoms with Crippen LogP contribution in [0.4, 0.5) is 4.39 Å². The Balaban J connectivity index is 2.43. The Bertz CT molecular complexity index is 660. The fraction of sp³-hybridized carbons (Fsp3) is 0.462. The van der Waals surface area contributed by atoms with Crippen molar-refractivity contribution in [2.24, 2.45) is 5.92 Å². The summed E-state index contributed by atoms with van der Waals surface area (Å²) in [6.07, 6.45) is 0.890. The van der Waals surface area contributed by atoms with Crippen LogP contribution < -0.4 is 0 Å². The van der Waals surface area contributed by atoms with E-state index in [1.807, 2.05) is 6.92 Å². The van der Waals surface area contributed by atoms with Gasteiger partial charge in [-0.1, -0.05) is 6.92 Å². The van der Waals surface area contributed by atoms with E-state index in [1.54, 1.807) is 4.90 Å². The molecular formula is C13H15ClFNO3S. The predicted octanol–water partition coefficient (Wildman–Crippen LogP) is 2.54. The van der Waals surface area contributed by atoms with Crippen LogP contribution >= 0.6 is 10.7 Å². The smallest absolute Gasteiger partial charge is 0.261 e. The number of amides is 1. The number of nitrogens with zero attached hydrogens (tertiary/aromatic N) is 1. The molecule has 1 atom stereocenters. The third-order valence-corrected chi connectivity index (χ3v) is 4.97. The van der Waals surface area contributed by atoms with E-state index in [2.05, 4.69) is 0 Å². The third-order valence-electron chi connectivity index (χ3n) is 3.52. The molecule has 1 amide bonds. The lowest BCUT2D eigenvalue weighted by Crippen LogP contribution is -2.28. The van der Waals surface area contributed by atoms with Crippen molar-refractivity contribution >= 4 is 25.6 Å². The molecule has 0 aromatic heterocycles. The van der Waals surface area contributed by atoms with E-state index in [1.165, 1.54) is 6.92 Å². The Morgan fingerprint density at radius 1 is 1.45 bits per heavy atom. The van der Waals surface area contributed by atoms with Crippen LogP contribution in [-0.4, -0.2) is 32.3 Å². The lowest BCUT2D eigenvalue weighted by atomic mass is 10.1. The first-order valence-corrected chi connectivity index (χ1v) is 8.55. The molecule has 4 nitrogen and oxygen atoms in total. The molecule has 110 valence electrons. The summed E-state index contributed by atoms with van der Waals surface area (Å²) in [5.41, 5.74) is -0.0623. The van der Waals surface area contributed by atoms with Crippen LogP contribution in [0.3, 0.4) is 0 Å². The first-order valence-electron chi connectivity index (χ1n) is 6.24. The third kappa shape index (κ3) is 2.96.